The van der Waals surface area contributed by atoms with E-state index in [-0.39, 0.29) is 5.91 Å². The summed E-state index contributed by atoms with van der Waals surface area (Å²) < 4.78 is 4.69. The van der Waals surface area contributed by atoms with Crippen LogP contribution in [-0.4, -0.2) is 42.0 Å². The van der Waals surface area contributed by atoms with Gasteiger partial charge >= 0.3 is 5.97 Å². The summed E-state index contributed by atoms with van der Waals surface area (Å²) in [6.45, 7) is 1.48. The van der Waals surface area contributed by atoms with Crippen LogP contribution in [0, 0.1) is 0 Å². The maximum atomic E-state index is 12.8. The molecule has 0 spiro atoms. The summed E-state index contributed by atoms with van der Waals surface area (Å²) in [4.78, 5) is 29.5. The second kappa shape index (κ2) is 7.27. The number of piperidine rings is 1. The third-order valence-electron chi connectivity index (χ3n) is 5.40. The fourth-order valence-electron chi connectivity index (χ4n) is 3.87. The zero-order valence-electron chi connectivity index (χ0n) is 15.3. The van der Waals surface area contributed by atoms with Crippen molar-refractivity contribution in [1.82, 2.24) is 9.88 Å². The normalized spacial score (nSPS) is 15.1. The van der Waals surface area contributed by atoms with Crippen molar-refractivity contribution in [2.75, 3.05) is 20.2 Å². The van der Waals surface area contributed by atoms with Gasteiger partial charge in [-0.05, 0) is 54.7 Å². The van der Waals surface area contributed by atoms with Crippen LogP contribution >= 0.6 is 0 Å². The lowest BCUT2D eigenvalue weighted by Gasteiger charge is -2.32. The minimum atomic E-state index is -0.395. The second-order valence-corrected chi connectivity index (χ2v) is 6.93. The first-order chi connectivity index (χ1) is 13.2. The highest BCUT2D eigenvalue weighted by Crippen LogP contribution is 2.33. The van der Waals surface area contributed by atoms with Crippen molar-refractivity contribution in [1.29, 1.82) is 0 Å². The highest BCUT2D eigenvalue weighted by atomic mass is 16.5. The Morgan fingerprint density at radius 1 is 1.00 bits per heavy atom. The molecule has 5 nitrogen and oxygen atoms in total. The molecular weight excluding hydrogens is 340 g/mol. The molecular formula is C22H22N2O3. The van der Waals surface area contributed by atoms with E-state index in [9.17, 15) is 9.59 Å². The molecule has 0 aliphatic carbocycles. The summed E-state index contributed by atoms with van der Waals surface area (Å²) in [5, 5.41) is 1.28. The van der Waals surface area contributed by atoms with Gasteiger partial charge in [0.1, 0.15) is 0 Å². The molecule has 5 heteroatoms. The van der Waals surface area contributed by atoms with Gasteiger partial charge in [-0.2, -0.15) is 0 Å². The molecule has 1 N–H and O–H groups in total. The van der Waals surface area contributed by atoms with Gasteiger partial charge in [-0.25, -0.2) is 4.79 Å². The standard InChI is InChI=1S/C22H22N2O3/c1-27-22(26)17-8-6-16(7-9-17)21(25)24-12-10-15(11-13-24)19-14-23-20-5-3-2-4-18(19)20/h2-9,14-15,23H,10-13H2,1H3. The fourth-order valence-corrected chi connectivity index (χ4v) is 3.87. The minimum absolute atomic E-state index is 0.0174. The molecule has 0 bridgehead atoms. The number of nitrogens with zero attached hydrogens (tertiary/aromatic N) is 1. The average molecular weight is 362 g/mol. The van der Waals surface area contributed by atoms with E-state index in [2.05, 4.69) is 29.4 Å². The van der Waals surface area contributed by atoms with Crippen molar-refractivity contribution in [2.45, 2.75) is 18.8 Å². The first-order valence-electron chi connectivity index (χ1n) is 9.21. The summed E-state index contributed by atoms with van der Waals surface area (Å²) in [6.07, 6.45) is 4.01. The number of likely N-dealkylation sites (tertiary alicyclic amines) is 1. The van der Waals surface area contributed by atoms with Gasteiger partial charge in [0.15, 0.2) is 0 Å². The monoisotopic (exact) mass is 362 g/mol. The number of carbonyl (C=O) groups is 2. The number of hydrogen-bond donors (Lipinski definition) is 1. The molecule has 1 saturated heterocycles. The van der Waals surface area contributed by atoms with Gasteiger partial charge in [-0.1, -0.05) is 18.2 Å². The van der Waals surface area contributed by atoms with E-state index in [0.717, 1.165) is 31.4 Å². The van der Waals surface area contributed by atoms with Crippen LogP contribution in [0.25, 0.3) is 10.9 Å². The van der Waals surface area contributed by atoms with Crippen molar-refractivity contribution in [2.24, 2.45) is 0 Å². The third-order valence-corrected chi connectivity index (χ3v) is 5.40. The summed E-state index contributed by atoms with van der Waals surface area (Å²) in [6, 6.07) is 15.0. The molecule has 2 aromatic carbocycles. The molecule has 138 valence electrons. The summed E-state index contributed by atoms with van der Waals surface area (Å²) in [7, 11) is 1.35. The largest absolute Gasteiger partial charge is 0.465 e. The average Bonchev–Trinajstić information content (AvgIpc) is 3.17. The number of nitrogens with one attached hydrogen (secondary N) is 1. The molecule has 3 aromatic rings. The summed E-state index contributed by atoms with van der Waals surface area (Å²) >= 11 is 0. The Bertz CT molecular complexity index is 967. The molecule has 1 fully saturated rings. The first kappa shape index (κ1) is 17.3. The summed E-state index contributed by atoms with van der Waals surface area (Å²) in [5.74, 6) is 0.0873. The van der Waals surface area contributed by atoms with Crippen LogP contribution < -0.4 is 0 Å². The Hall–Kier alpha value is -3.08. The van der Waals surface area contributed by atoms with Crippen LogP contribution in [0.15, 0.2) is 54.7 Å². The van der Waals surface area contributed by atoms with E-state index >= 15 is 0 Å². The highest BCUT2D eigenvalue weighted by molar-refractivity contribution is 5.96. The van der Waals surface area contributed by atoms with Crippen molar-refractivity contribution < 1.29 is 14.3 Å². The van der Waals surface area contributed by atoms with E-state index < -0.39 is 5.97 Å². The van der Waals surface area contributed by atoms with E-state index in [1.165, 1.54) is 18.1 Å². The zero-order valence-corrected chi connectivity index (χ0v) is 15.3. The number of ether oxygens (including phenoxy) is 1. The number of aromatic nitrogens is 1. The van der Waals surface area contributed by atoms with Crippen molar-refractivity contribution in [3.63, 3.8) is 0 Å². The number of carbonyl (C=O) groups excluding carboxylic acids is 2. The Kier molecular flexibility index (Phi) is 4.67. The number of aromatic amines is 1. The van der Waals surface area contributed by atoms with Gasteiger partial charge in [0.2, 0.25) is 0 Å². The number of para-hydroxylation sites is 1. The first-order valence-corrected chi connectivity index (χ1v) is 9.21. The predicted molar refractivity (Wildman–Crippen MR) is 104 cm³/mol. The zero-order chi connectivity index (χ0) is 18.8. The van der Waals surface area contributed by atoms with Crippen molar-refractivity contribution >= 4 is 22.8 Å². The van der Waals surface area contributed by atoms with E-state index in [4.69, 9.17) is 4.74 Å². The van der Waals surface area contributed by atoms with Gasteiger partial charge < -0.3 is 14.6 Å². The van der Waals surface area contributed by atoms with Crippen LogP contribution in [-0.2, 0) is 4.74 Å². The number of H-pyrrole nitrogens is 1. The molecule has 1 amide bonds. The Balaban J connectivity index is 1.43. The fraction of sp³-hybridized carbons (Fsp3) is 0.273. The third kappa shape index (κ3) is 3.33. The number of esters is 1. The molecule has 0 radical (unpaired) electrons. The lowest BCUT2D eigenvalue weighted by Crippen LogP contribution is -2.37. The van der Waals surface area contributed by atoms with Gasteiger partial charge in [0.05, 0.1) is 12.7 Å². The number of rotatable bonds is 3. The van der Waals surface area contributed by atoms with Gasteiger partial charge in [-0.3, -0.25) is 4.79 Å². The van der Waals surface area contributed by atoms with Gasteiger partial charge in [0, 0.05) is 35.8 Å². The van der Waals surface area contributed by atoms with E-state index in [0.29, 0.717) is 17.0 Å². The second-order valence-electron chi connectivity index (χ2n) is 6.93. The van der Waals surface area contributed by atoms with Gasteiger partial charge in [0.25, 0.3) is 5.91 Å². The molecule has 1 aromatic heterocycles. The van der Waals surface area contributed by atoms with Gasteiger partial charge in [-0.15, -0.1) is 0 Å². The topological polar surface area (TPSA) is 62.4 Å². The van der Waals surface area contributed by atoms with Crippen molar-refractivity contribution in [3.8, 4) is 0 Å². The molecule has 27 heavy (non-hydrogen) atoms. The van der Waals surface area contributed by atoms with Crippen LogP contribution in [0.3, 0.4) is 0 Å². The number of amides is 1. The quantitative estimate of drug-likeness (QED) is 0.717. The number of fused-ring (bicyclic) bond motifs is 1. The van der Waals surface area contributed by atoms with Crippen LogP contribution in [0.1, 0.15) is 45.0 Å². The maximum absolute atomic E-state index is 12.8. The molecule has 1 aliphatic rings. The van der Waals surface area contributed by atoms with Crippen molar-refractivity contribution in [3.05, 3.63) is 71.4 Å². The van der Waals surface area contributed by atoms with Crippen LogP contribution in [0.2, 0.25) is 0 Å². The number of methoxy groups -OCH3 is 1. The molecule has 1 aliphatic heterocycles. The lowest BCUT2D eigenvalue weighted by atomic mass is 9.89. The smallest absolute Gasteiger partial charge is 0.337 e. The Morgan fingerprint density at radius 3 is 2.37 bits per heavy atom. The minimum Gasteiger partial charge on any atom is -0.465 e. The van der Waals surface area contributed by atoms with Crippen LogP contribution in [0.4, 0.5) is 0 Å². The Labute approximate surface area is 157 Å². The number of hydrogen-bond acceptors (Lipinski definition) is 3. The van der Waals surface area contributed by atoms with E-state index in [1.807, 2.05) is 11.0 Å². The van der Waals surface area contributed by atoms with E-state index in [1.54, 1.807) is 24.3 Å². The highest BCUT2D eigenvalue weighted by Gasteiger charge is 2.26. The lowest BCUT2D eigenvalue weighted by molar-refractivity contribution is 0.0599. The molecule has 4 rings (SSSR count). The SMILES string of the molecule is COC(=O)c1ccc(C(=O)N2CCC(c3c[nH]c4ccccc34)CC2)cc1. The molecule has 0 atom stereocenters. The molecule has 2 heterocycles. The predicted octanol–water partition coefficient (Wildman–Crippen LogP) is 3.97. The number of benzene rings is 2. The molecule has 0 unspecified atom stereocenters. The summed E-state index contributed by atoms with van der Waals surface area (Å²) in [5.41, 5.74) is 3.57. The van der Waals surface area contributed by atoms with Crippen LogP contribution in [0.5, 0.6) is 0 Å². The molecule has 0 saturated carbocycles. The maximum Gasteiger partial charge on any atom is 0.337 e. The Morgan fingerprint density at radius 2 is 1.67 bits per heavy atom.